The van der Waals surface area contributed by atoms with Crippen molar-refractivity contribution in [3.8, 4) is 0 Å². The van der Waals surface area contributed by atoms with Gasteiger partial charge < -0.3 is 10.2 Å². The summed E-state index contributed by atoms with van der Waals surface area (Å²) in [5, 5.41) is 2.99. The van der Waals surface area contributed by atoms with Crippen LogP contribution in [0.5, 0.6) is 0 Å². The van der Waals surface area contributed by atoms with E-state index < -0.39 is 28.5 Å². The van der Waals surface area contributed by atoms with Gasteiger partial charge in [-0.25, -0.2) is 8.42 Å². The molecule has 3 aromatic rings. The second-order valence-electron chi connectivity index (χ2n) is 10.5. The molecule has 0 bridgehead atoms. The van der Waals surface area contributed by atoms with Gasteiger partial charge >= 0.3 is 0 Å². The molecule has 1 atom stereocenters. The number of amides is 2. The fraction of sp³-hybridized carbons (Fsp3) is 0.355. The molecule has 0 fully saturated rings. The summed E-state index contributed by atoms with van der Waals surface area (Å²) in [6, 6.07) is 21.5. The molecular formula is C31H38BrN3O4S. The van der Waals surface area contributed by atoms with Crippen molar-refractivity contribution in [2.45, 2.75) is 46.7 Å². The summed E-state index contributed by atoms with van der Waals surface area (Å²) in [6.45, 7) is 8.02. The van der Waals surface area contributed by atoms with Crippen LogP contribution < -0.4 is 9.62 Å². The fourth-order valence-electron chi connectivity index (χ4n) is 4.26. The molecule has 0 radical (unpaired) electrons. The van der Waals surface area contributed by atoms with Crippen molar-refractivity contribution in [1.29, 1.82) is 0 Å². The monoisotopic (exact) mass is 627 g/mol. The summed E-state index contributed by atoms with van der Waals surface area (Å²) in [7, 11) is -3.80. The number of nitrogens with zero attached hydrogens (tertiary/aromatic N) is 2. The van der Waals surface area contributed by atoms with Crippen LogP contribution in [0.25, 0.3) is 0 Å². The van der Waals surface area contributed by atoms with Crippen LogP contribution in [0.15, 0.2) is 77.3 Å². The van der Waals surface area contributed by atoms with Crippen molar-refractivity contribution in [3.05, 3.63) is 99.5 Å². The molecule has 0 unspecified atom stereocenters. The van der Waals surface area contributed by atoms with Gasteiger partial charge in [0.25, 0.3) is 0 Å². The predicted molar refractivity (Wildman–Crippen MR) is 165 cm³/mol. The van der Waals surface area contributed by atoms with Gasteiger partial charge in [0.15, 0.2) is 0 Å². The molecule has 3 aromatic carbocycles. The van der Waals surface area contributed by atoms with E-state index in [1.54, 1.807) is 12.1 Å². The summed E-state index contributed by atoms with van der Waals surface area (Å²) >= 11 is 3.44. The lowest BCUT2D eigenvalue weighted by Gasteiger charge is -2.33. The Hall–Kier alpha value is -3.17. The van der Waals surface area contributed by atoms with E-state index in [2.05, 4.69) is 21.2 Å². The third-order valence-electron chi connectivity index (χ3n) is 6.68. The van der Waals surface area contributed by atoms with Crippen molar-refractivity contribution in [2.75, 3.05) is 23.7 Å². The van der Waals surface area contributed by atoms with E-state index in [4.69, 9.17) is 0 Å². The summed E-state index contributed by atoms with van der Waals surface area (Å²) in [6.07, 6.45) is 1.38. The minimum atomic E-state index is -3.80. The number of nitrogens with one attached hydrogen (secondary N) is 1. The van der Waals surface area contributed by atoms with E-state index in [0.717, 1.165) is 37.3 Å². The van der Waals surface area contributed by atoms with Crippen molar-refractivity contribution in [1.82, 2.24) is 10.2 Å². The first kappa shape index (κ1) is 31.4. The van der Waals surface area contributed by atoms with Crippen LogP contribution in [-0.4, -0.2) is 50.5 Å². The van der Waals surface area contributed by atoms with Gasteiger partial charge in [-0.2, -0.15) is 0 Å². The lowest BCUT2D eigenvalue weighted by Crippen LogP contribution is -2.53. The molecule has 0 aliphatic carbocycles. The highest BCUT2D eigenvalue weighted by Gasteiger charge is 2.33. The van der Waals surface area contributed by atoms with Gasteiger partial charge in [0.05, 0.1) is 11.9 Å². The van der Waals surface area contributed by atoms with Gasteiger partial charge in [-0.15, -0.1) is 0 Å². The zero-order valence-electron chi connectivity index (χ0n) is 23.7. The Labute approximate surface area is 246 Å². The van der Waals surface area contributed by atoms with Gasteiger partial charge in [0.2, 0.25) is 21.8 Å². The molecule has 0 aromatic heterocycles. The zero-order valence-corrected chi connectivity index (χ0v) is 26.1. The predicted octanol–water partition coefficient (Wildman–Crippen LogP) is 5.24. The third-order valence-corrected chi connectivity index (χ3v) is 8.35. The number of hydrogen-bond acceptors (Lipinski definition) is 4. The van der Waals surface area contributed by atoms with Crippen LogP contribution in [0.1, 0.15) is 36.1 Å². The molecule has 0 heterocycles. The van der Waals surface area contributed by atoms with Gasteiger partial charge in [0, 0.05) is 24.0 Å². The first-order valence-corrected chi connectivity index (χ1v) is 15.9. The molecule has 9 heteroatoms. The maximum Gasteiger partial charge on any atom is 0.244 e. The lowest BCUT2D eigenvalue weighted by molar-refractivity contribution is -0.140. The highest BCUT2D eigenvalue weighted by molar-refractivity contribution is 9.10. The number of rotatable bonds is 12. The van der Waals surface area contributed by atoms with Gasteiger partial charge in [-0.3, -0.25) is 13.9 Å². The average molecular weight is 629 g/mol. The highest BCUT2D eigenvalue weighted by Crippen LogP contribution is 2.23. The quantitative estimate of drug-likeness (QED) is 0.297. The SMILES string of the molecule is Cc1ccc(N(CC(=O)N(Cc2ccc(Br)cc2)[C@H](Cc2ccccc2)C(=O)NCC(C)C)S(C)(=O)=O)cc1C. The molecule has 0 saturated carbocycles. The zero-order chi connectivity index (χ0) is 29.4. The van der Waals surface area contributed by atoms with Crippen molar-refractivity contribution in [3.63, 3.8) is 0 Å². The Kier molecular flexibility index (Phi) is 10.9. The van der Waals surface area contributed by atoms with Gasteiger partial charge in [-0.05, 0) is 66.3 Å². The van der Waals surface area contributed by atoms with Crippen LogP contribution >= 0.6 is 15.9 Å². The van der Waals surface area contributed by atoms with Gasteiger partial charge in [-0.1, -0.05) is 78.3 Å². The minimum Gasteiger partial charge on any atom is -0.354 e. The van der Waals surface area contributed by atoms with Crippen LogP contribution in [0.4, 0.5) is 5.69 Å². The maximum atomic E-state index is 14.1. The van der Waals surface area contributed by atoms with Crippen molar-refractivity contribution < 1.29 is 18.0 Å². The maximum absolute atomic E-state index is 14.1. The number of carbonyl (C=O) groups is 2. The Bertz CT molecular complexity index is 1410. The van der Waals surface area contributed by atoms with E-state index >= 15 is 0 Å². The molecule has 0 saturated heterocycles. The molecular weight excluding hydrogens is 590 g/mol. The standard InChI is InChI=1S/C31H38BrN3O4S/c1-22(2)19-33-31(37)29(18-25-9-7-6-8-10-25)34(20-26-12-14-27(32)15-13-26)30(36)21-35(40(5,38)39)28-16-11-23(3)24(4)17-28/h6-17,22,29H,18-21H2,1-5H3,(H,33,37)/t29-/m1/s1. The van der Waals surface area contributed by atoms with Crippen LogP contribution in [0.2, 0.25) is 0 Å². The number of aryl methyl sites for hydroxylation is 2. The van der Waals surface area contributed by atoms with E-state index in [1.165, 1.54) is 4.90 Å². The summed E-state index contributed by atoms with van der Waals surface area (Å²) in [5.74, 6) is -0.519. The van der Waals surface area contributed by atoms with Crippen LogP contribution in [0, 0.1) is 19.8 Å². The van der Waals surface area contributed by atoms with E-state index in [9.17, 15) is 18.0 Å². The topological polar surface area (TPSA) is 86.8 Å². The number of halogens is 1. The van der Waals surface area contributed by atoms with E-state index in [1.807, 2.05) is 88.4 Å². The summed E-state index contributed by atoms with van der Waals surface area (Å²) in [5.41, 5.74) is 4.06. The molecule has 1 N–H and O–H groups in total. The molecule has 7 nitrogen and oxygen atoms in total. The number of hydrogen-bond donors (Lipinski definition) is 1. The molecule has 0 aliphatic heterocycles. The fourth-order valence-corrected chi connectivity index (χ4v) is 5.36. The summed E-state index contributed by atoms with van der Waals surface area (Å²) in [4.78, 5) is 29.2. The first-order valence-electron chi connectivity index (χ1n) is 13.3. The minimum absolute atomic E-state index is 0.142. The highest BCUT2D eigenvalue weighted by atomic mass is 79.9. The molecule has 0 aliphatic rings. The van der Waals surface area contributed by atoms with Crippen LogP contribution in [-0.2, 0) is 32.6 Å². The first-order chi connectivity index (χ1) is 18.8. The molecule has 214 valence electrons. The smallest absolute Gasteiger partial charge is 0.244 e. The van der Waals surface area contributed by atoms with Crippen molar-refractivity contribution in [2.24, 2.45) is 5.92 Å². The van der Waals surface area contributed by atoms with E-state index in [0.29, 0.717) is 12.2 Å². The second-order valence-corrected chi connectivity index (χ2v) is 13.4. The van der Waals surface area contributed by atoms with Crippen LogP contribution in [0.3, 0.4) is 0 Å². The molecule has 40 heavy (non-hydrogen) atoms. The van der Waals surface area contributed by atoms with Crippen molar-refractivity contribution >= 4 is 43.5 Å². The third kappa shape index (κ3) is 8.93. The van der Waals surface area contributed by atoms with E-state index in [-0.39, 0.29) is 24.8 Å². The number of carbonyl (C=O) groups excluding carboxylic acids is 2. The lowest BCUT2D eigenvalue weighted by atomic mass is 10.0. The number of anilines is 1. The Morgan fingerprint density at radius 3 is 2.12 bits per heavy atom. The number of sulfonamides is 1. The normalized spacial score (nSPS) is 12.2. The Balaban J connectivity index is 2.05. The second kappa shape index (κ2) is 13.9. The Morgan fingerprint density at radius 1 is 0.900 bits per heavy atom. The Morgan fingerprint density at radius 2 is 1.55 bits per heavy atom. The average Bonchev–Trinajstić information content (AvgIpc) is 2.90. The summed E-state index contributed by atoms with van der Waals surface area (Å²) < 4.78 is 27.9. The molecule has 0 spiro atoms. The largest absolute Gasteiger partial charge is 0.354 e. The molecule has 3 rings (SSSR count). The molecule has 2 amide bonds. The van der Waals surface area contributed by atoms with Gasteiger partial charge in [0.1, 0.15) is 12.6 Å². The number of benzene rings is 3.